The smallest absolute Gasteiger partial charge is 0.247 e. The van der Waals surface area contributed by atoms with Gasteiger partial charge in [-0.15, -0.1) is 0 Å². The number of aliphatic hydroxyl groups is 2. The summed E-state index contributed by atoms with van der Waals surface area (Å²) in [6.45, 7) is 6.44. The van der Waals surface area contributed by atoms with Gasteiger partial charge in [0.15, 0.2) is 0 Å². The van der Waals surface area contributed by atoms with E-state index in [0.717, 1.165) is 11.1 Å². The van der Waals surface area contributed by atoms with Crippen LogP contribution in [-0.2, 0) is 16.6 Å². The van der Waals surface area contributed by atoms with Gasteiger partial charge in [-0.05, 0) is 55.8 Å². The van der Waals surface area contributed by atoms with Crippen LogP contribution in [0.25, 0.3) is 11.1 Å². The molecule has 4 atom stereocenters. The van der Waals surface area contributed by atoms with Crippen LogP contribution in [0.3, 0.4) is 0 Å². The molecule has 7 nitrogen and oxygen atoms in total. The molecule has 4 rings (SSSR count). The molecular weight excluding hydrogens is 524 g/mol. The third-order valence-electron chi connectivity index (χ3n) is 7.10. The van der Waals surface area contributed by atoms with Gasteiger partial charge in [0, 0.05) is 37.2 Å². The van der Waals surface area contributed by atoms with Crippen LogP contribution in [0, 0.1) is 17.8 Å². The van der Waals surface area contributed by atoms with Crippen molar-refractivity contribution in [1.82, 2.24) is 9.21 Å². The molecule has 1 aliphatic rings. The predicted octanol–water partition coefficient (Wildman–Crippen LogP) is 3.99. The van der Waals surface area contributed by atoms with E-state index in [4.69, 9.17) is 4.74 Å². The molecule has 0 saturated heterocycles. The van der Waals surface area contributed by atoms with E-state index in [-0.39, 0.29) is 35.8 Å². The van der Waals surface area contributed by atoms with Gasteiger partial charge in [0.1, 0.15) is 22.9 Å². The summed E-state index contributed by atoms with van der Waals surface area (Å²) in [6.07, 6.45) is -1.13. The quantitative estimate of drug-likeness (QED) is 0.424. The fourth-order valence-corrected chi connectivity index (χ4v) is 6.65. The van der Waals surface area contributed by atoms with E-state index in [1.807, 2.05) is 32.2 Å². The monoisotopic (exact) mass is 562 g/mol. The van der Waals surface area contributed by atoms with Gasteiger partial charge < -0.3 is 14.9 Å². The van der Waals surface area contributed by atoms with Crippen molar-refractivity contribution in [2.45, 2.75) is 50.5 Å². The number of nitrogens with zero attached hydrogens (tertiary/aromatic N) is 2. The van der Waals surface area contributed by atoms with Crippen LogP contribution in [0.5, 0.6) is 5.75 Å². The molecule has 1 heterocycles. The summed E-state index contributed by atoms with van der Waals surface area (Å²) in [6, 6.07) is 22.9. The minimum absolute atomic E-state index is 0.0476. The van der Waals surface area contributed by atoms with Gasteiger partial charge in [0.05, 0.1) is 6.61 Å². The first-order chi connectivity index (χ1) is 19.1. The average Bonchev–Trinajstić information content (AvgIpc) is 2.94. The Balaban J connectivity index is 1.59. The number of benzene rings is 3. The number of fused-ring (bicyclic) bond motifs is 1. The Morgan fingerprint density at radius 3 is 2.38 bits per heavy atom. The topological polar surface area (TPSA) is 90.3 Å². The number of likely N-dealkylation sites (N-methyl/N-ethyl adjacent to an activating group) is 1. The minimum atomic E-state index is -3.93. The summed E-state index contributed by atoms with van der Waals surface area (Å²) in [5.74, 6) is 5.64. The molecule has 3 aromatic carbocycles. The Bertz CT molecular complexity index is 1450. The van der Waals surface area contributed by atoms with Crippen molar-refractivity contribution in [3.05, 3.63) is 83.9 Å². The van der Waals surface area contributed by atoms with Crippen LogP contribution < -0.4 is 4.74 Å². The second-order valence-corrected chi connectivity index (χ2v) is 12.5. The Kier molecular flexibility index (Phi) is 9.67. The molecule has 8 heteroatoms. The molecule has 3 aromatic rings. The zero-order chi connectivity index (χ0) is 28.9. The maximum Gasteiger partial charge on any atom is 0.247 e. The molecule has 0 amide bonds. The van der Waals surface area contributed by atoms with E-state index in [1.54, 1.807) is 26.0 Å². The maximum absolute atomic E-state index is 13.6. The predicted molar refractivity (Wildman–Crippen MR) is 157 cm³/mol. The number of sulfonamides is 1. The highest BCUT2D eigenvalue weighted by molar-refractivity contribution is 7.89. The molecule has 0 saturated carbocycles. The fraction of sp³-hybridized carbons (Fsp3) is 0.375. The Morgan fingerprint density at radius 2 is 1.73 bits per heavy atom. The molecular formula is C32H38N2O5S. The number of hydrogen-bond donors (Lipinski definition) is 2. The summed E-state index contributed by atoms with van der Waals surface area (Å²) < 4.78 is 35.1. The zero-order valence-electron chi connectivity index (χ0n) is 23.5. The third-order valence-corrected chi connectivity index (χ3v) is 9.12. The zero-order valence-corrected chi connectivity index (χ0v) is 24.3. The van der Waals surface area contributed by atoms with Crippen molar-refractivity contribution in [1.29, 1.82) is 0 Å². The van der Waals surface area contributed by atoms with Crippen molar-refractivity contribution in [2.24, 2.45) is 5.92 Å². The van der Waals surface area contributed by atoms with Crippen LogP contribution in [0.15, 0.2) is 77.7 Å². The number of aliphatic hydroxyl groups excluding tert-OH is 2. The molecule has 212 valence electrons. The van der Waals surface area contributed by atoms with Gasteiger partial charge in [0.25, 0.3) is 0 Å². The van der Waals surface area contributed by atoms with E-state index >= 15 is 0 Å². The van der Waals surface area contributed by atoms with Gasteiger partial charge in [0.2, 0.25) is 10.0 Å². The van der Waals surface area contributed by atoms with Gasteiger partial charge in [-0.2, -0.15) is 4.31 Å². The van der Waals surface area contributed by atoms with E-state index < -0.39 is 22.2 Å². The standard InChI is InChI=1S/C32H38N2O5S/c1-23-19-34(24(2)22-35)40(37,38)32-17-14-26(11-10-25(3)36)18-30(32)39-31(23)21-33(4)20-27-12-15-29(16-13-27)28-8-6-5-7-9-28/h5-9,12-18,23-25,31,35-36H,19-22H2,1-4H3/t23-,24-,25-,31+/m1/s1. The summed E-state index contributed by atoms with van der Waals surface area (Å²) in [4.78, 5) is 2.22. The van der Waals surface area contributed by atoms with E-state index in [9.17, 15) is 18.6 Å². The van der Waals surface area contributed by atoms with E-state index in [1.165, 1.54) is 15.9 Å². The van der Waals surface area contributed by atoms with Crippen molar-refractivity contribution in [3.8, 4) is 28.7 Å². The lowest BCUT2D eigenvalue weighted by Crippen LogP contribution is -2.49. The first kappa shape index (κ1) is 29.8. The lowest BCUT2D eigenvalue weighted by molar-refractivity contribution is 0.0733. The largest absolute Gasteiger partial charge is 0.487 e. The van der Waals surface area contributed by atoms with Crippen LogP contribution in [0.1, 0.15) is 31.9 Å². The molecule has 0 aliphatic carbocycles. The highest BCUT2D eigenvalue weighted by Gasteiger charge is 2.38. The molecule has 0 bridgehead atoms. The van der Waals surface area contributed by atoms with Gasteiger partial charge in [-0.25, -0.2) is 8.42 Å². The van der Waals surface area contributed by atoms with Crippen molar-refractivity contribution < 1.29 is 23.4 Å². The highest BCUT2D eigenvalue weighted by atomic mass is 32.2. The molecule has 40 heavy (non-hydrogen) atoms. The second-order valence-electron chi connectivity index (χ2n) is 10.6. The molecule has 0 aromatic heterocycles. The molecule has 0 unspecified atom stereocenters. The number of ether oxygens (including phenoxy) is 1. The minimum Gasteiger partial charge on any atom is -0.487 e. The first-order valence-electron chi connectivity index (χ1n) is 13.5. The lowest BCUT2D eigenvalue weighted by Gasteiger charge is -2.37. The number of rotatable bonds is 7. The van der Waals surface area contributed by atoms with Crippen LogP contribution in [0.2, 0.25) is 0 Å². The average molecular weight is 563 g/mol. The van der Waals surface area contributed by atoms with Gasteiger partial charge in [-0.1, -0.05) is 73.4 Å². The van der Waals surface area contributed by atoms with Gasteiger partial charge >= 0.3 is 0 Å². The van der Waals surface area contributed by atoms with E-state index in [2.05, 4.69) is 53.1 Å². The third kappa shape index (κ3) is 7.11. The summed E-state index contributed by atoms with van der Waals surface area (Å²) in [5.41, 5.74) is 4.05. The SMILES string of the molecule is C[C@@H]1CN([C@H](C)CO)S(=O)(=O)c2ccc(C#C[C@@H](C)O)cc2O[C@H]1CN(C)Cc1ccc(-c2ccccc2)cc1. The molecule has 2 N–H and O–H groups in total. The Labute approximate surface area is 238 Å². The van der Waals surface area contributed by atoms with Crippen molar-refractivity contribution in [3.63, 3.8) is 0 Å². The van der Waals surface area contributed by atoms with Crippen LogP contribution in [0.4, 0.5) is 0 Å². The Hall–Kier alpha value is -3.19. The maximum atomic E-state index is 13.6. The molecule has 0 fully saturated rings. The summed E-state index contributed by atoms with van der Waals surface area (Å²) in [5, 5.41) is 19.4. The fourth-order valence-electron chi connectivity index (χ4n) is 4.83. The molecule has 0 spiro atoms. The van der Waals surface area contributed by atoms with Crippen molar-refractivity contribution >= 4 is 10.0 Å². The number of hydrogen-bond acceptors (Lipinski definition) is 6. The second kappa shape index (κ2) is 13.0. The molecule has 1 aliphatic heterocycles. The lowest BCUT2D eigenvalue weighted by atomic mass is 10.0. The van der Waals surface area contributed by atoms with E-state index in [0.29, 0.717) is 18.7 Å². The van der Waals surface area contributed by atoms with Gasteiger partial charge in [-0.3, -0.25) is 4.90 Å². The normalized spacial score (nSPS) is 20.3. The Morgan fingerprint density at radius 1 is 1.05 bits per heavy atom. The first-order valence-corrected chi connectivity index (χ1v) is 15.0. The van der Waals surface area contributed by atoms with Crippen LogP contribution in [-0.4, -0.2) is 72.8 Å². The summed E-state index contributed by atoms with van der Waals surface area (Å²) in [7, 11) is -1.90. The molecule has 0 radical (unpaired) electrons. The highest BCUT2D eigenvalue weighted by Crippen LogP contribution is 2.34. The van der Waals surface area contributed by atoms with Crippen LogP contribution >= 0.6 is 0 Å². The summed E-state index contributed by atoms with van der Waals surface area (Å²) >= 11 is 0. The van der Waals surface area contributed by atoms with Crippen molar-refractivity contribution in [2.75, 3.05) is 26.7 Å².